The Balaban J connectivity index is 2.04. The van der Waals surface area contributed by atoms with Crippen molar-refractivity contribution in [3.05, 3.63) is 16.7 Å². The summed E-state index contributed by atoms with van der Waals surface area (Å²) >= 11 is 0. The number of hydrogen-bond donors (Lipinski definition) is 4. The zero-order chi connectivity index (χ0) is 21.8. The first kappa shape index (κ1) is 22.9. The zero-order valence-corrected chi connectivity index (χ0v) is 17.7. The second kappa shape index (κ2) is 9.40. The normalized spacial score (nSPS) is 15.7. The Morgan fingerprint density at radius 1 is 1.28 bits per heavy atom. The van der Waals surface area contributed by atoms with Crippen LogP contribution in [0, 0.1) is 0 Å². The van der Waals surface area contributed by atoms with E-state index < -0.39 is 25.1 Å². The van der Waals surface area contributed by atoms with E-state index in [0.29, 0.717) is 5.65 Å². The Morgan fingerprint density at radius 3 is 2.41 bits per heavy atom. The molecule has 5 N–H and O–H groups in total. The molecule has 0 radical (unpaired) electrons. The molecule has 12 nitrogen and oxygen atoms in total. The van der Waals surface area contributed by atoms with Gasteiger partial charge < -0.3 is 15.0 Å². The maximum Gasteiger partial charge on any atom is 0.280 e. The van der Waals surface area contributed by atoms with Crippen molar-refractivity contribution in [2.45, 2.75) is 46.3 Å². The molecule has 0 aliphatic rings. The highest BCUT2D eigenvalue weighted by atomic mass is 31.2. The number of carbonyl (C=O) groups is 2. The van der Waals surface area contributed by atoms with E-state index in [-0.39, 0.29) is 42.5 Å². The Morgan fingerprint density at radius 2 is 1.86 bits per heavy atom. The van der Waals surface area contributed by atoms with Crippen LogP contribution in [0.4, 0.5) is 5.95 Å². The summed E-state index contributed by atoms with van der Waals surface area (Å²) in [7, 11) is -3.39. The van der Waals surface area contributed by atoms with Crippen LogP contribution in [-0.4, -0.2) is 56.1 Å². The number of nitrogen functional groups attached to an aromatic ring is 1. The lowest BCUT2D eigenvalue weighted by molar-refractivity contribution is -0.118. The maximum atomic E-state index is 13.2. The van der Waals surface area contributed by atoms with Gasteiger partial charge in [-0.3, -0.25) is 23.9 Å². The van der Waals surface area contributed by atoms with Gasteiger partial charge in [-0.15, -0.1) is 0 Å². The number of fused-ring (bicyclic) bond motifs is 1. The second-order valence-corrected chi connectivity index (χ2v) is 9.02. The first-order chi connectivity index (χ1) is 13.5. The summed E-state index contributed by atoms with van der Waals surface area (Å²) < 4.78 is 20.3. The minimum atomic E-state index is -3.39. The van der Waals surface area contributed by atoms with Gasteiger partial charge in [0.15, 0.2) is 11.2 Å². The van der Waals surface area contributed by atoms with Gasteiger partial charge >= 0.3 is 0 Å². The fraction of sp³-hybridized carbons (Fsp3) is 0.562. The number of H-pyrrole nitrogens is 1. The van der Waals surface area contributed by atoms with Gasteiger partial charge in [0, 0.05) is 6.54 Å². The van der Waals surface area contributed by atoms with E-state index in [9.17, 15) is 18.9 Å². The third-order valence-electron chi connectivity index (χ3n) is 4.27. The van der Waals surface area contributed by atoms with Crippen LogP contribution < -0.4 is 21.5 Å². The number of aromatic nitrogens is 4. The number of ether oxygens (including phenoxy) is 1. The highest BCUT2D eigenvalue weighted by Gasteiger charge is 2.29. The standard InChI is InChI=1S/C16H26N7O5P/c1-9(11(3)24)21-29(27,22-10(2)12(4)25)8-28-6-5-23-7-18-13-14(23)19-16(17)20-15(13)26/h7,9-10H,5-6,8H2,1-4H3,(H2,21,22,27)(H3,17,19,20,26)/t9-,10+,29?. The van der Waals surface area contributed by atoms with Gasteiger partial charge in [0.05, 0.1) is 25.0 Å². The molecule has 2 rings (SSSR count). The van der Waals surface area contributed by atoms with Crippen LogP contribution in [0.5, 0.6) is 0 Å². The lowest BCUT2D eigenvalue weighted by Crippen LogP contribution is -2.40. The molecule has 1 unspecified atom stereocenters. The molecule has 0 aliphatic heterocycles. The molecule has 13 heteroatoms. The predicted octanol–water partition coefficient (Wildman–Crippen LogP) is 0.00320. The van der Waals surface area contributed by atoms with E-state index >= 15 is 0 Å². The average molecular weight is 427 g/mol. The largest absolute Gasteiger partial charge is 0.369 e. The summed E-state index contributed by atoms with van der Waals surface area (Å²) in [4.78, 5) is 45.3. The summed E-state index contributed by atoms with van der Waals surface area (Å²) in [5, 5.41) is 5.48. The SMILES string of the molecule is CC(=O)[C@H](C)NP(=O)(COCCn1cnc2c(=O)[nH]c(N)nc21)N[C@H](C)C(C)=O. The second-order valence-electron chi connectivity index (χ2n) is 6.76. The lowest BCUT2D eigenvalue weighted by Gasteiger charge is -2.26. The molecular weight excluding hydrogens is 401 g/mol. The first-order valence-corrected chi connectivity index (χ1v) is 10.9. The topological polar surface area (TPSA) is 174 Å². The van der Waals surface area contributed by atoms with Gasteiger partial charge in [-0.05, 0) is 27.7 Å². The van der Waals surface area contributed by atoms with Gasteiger partial charge in [-0.2, -0.15) is 4.98 Å². The molecule has 0 amide bonds. The van der Waals surface area contributed by atoms with Crippen LogP contribution in [0.2, 0.25) is 0 Å². The minimum Gasteiger partial charge on any atom is -0.369 e. The quantitative estimate of drug-likeness (QED) is 0.282. The van der Waals surface area contributed by atoms with Crippen molar-refractivity contribution in [2.24, 2.45) is 0 Å². The van der Waals surface area contributed by atoms with E-state index in [2.05, 4.69) is 25.1 Å². The molecule has 0 aliphatic carbocycles. The summed E-state index contributed by atoms with van der Waals surface area (Å²) in [6, 6.07) is -1.35. The third-order valence-corrected chi connectivity index (χ3v) is 6.42. The molecule has 0 bridgehead atoms. The van der Waals surface area contributed by atoms with E-state index in [1.807, 2.05) is 0 Å². The molecule has 0 spiro atoms. The fourth-order valence-electron chi connectivity index (χ4n) is 2.41. The molecule has 29 heavy (non-hydrogen) atoms. The molecule has 3 atom stereocenters. The summed E-state index contributed by atoms with van der Waals surface area (Å²) in [5.74, 6) is -0.415. The lowest BCUT2D eigenvalue weighted by atomic mass is 10.3. The zero-order valence-electron chi connectivity index (χ0n) is 16.8. The predicted molar refractivity (Wildman–Crippen MR) is 108 cm³/mol. The number of hydrogen-bond acceptors (Lipinski definition) is 8. The van der Waals surface area contributed by atoms with Gasteiger partial charge in [0.1, 0.15) is 17.9 Å². The Hall–Kier alpha value is -2.40. The van der Waals surface area contributed by atoms with Crippen LogP contribution >= 0.6 is 7.44 Å². The van der Waals surface area contributed by atoms with Crippen molar-refractivity contribution >= 4 is 36.1 Å². The van der Waals surface area contributed by atoms with Crippen LogP contribution in [0.25, 0.3) is 11.2 Å². The molecule has 0 fully saturated rings. The van der Waals surface area contributed by atoms with Gasteiger partial charge in [-0.25, -0.2) is 15.2 Å². The van der Waals surface area contributed by atoms with Gasteiger partial charge in [0.2, 0.25) is 13.4 Å². The van der Waals surface area contributed by atoms with E-state index in [1.165, 1.54) is 20.2 Å². The van der Waals surface area contributed by atoms with Crippen molar-refractivity contribution in [1.82, 2.24) is 29.7 Å². The van der Waals surface area contributed by atoms with Crippen LogP contribution in [0.1, 0.15) is 27.7 Å². The molecule has 0 saturated heterocycles. The number of ketones is 2. The van der Waals surface area contributed by atoms with Gasteiger partial charge in [-0.1, -0.05) is 0 Å². The molecule has 0 aromatic carbocycles. The number of rotatable bonds is 11. The summed E-state index contributed by atoms with van der Waals surface area (Å²) in [6.45, 7) is 6.32. The molecule has 0 saturated carbocycles. The number of imidazole rings is 1. The molecule has 2 aromatic heterocycles. The summed E-state index contributed by atoms with van der Waals surface area (Å²) in [6.07, 6.45) is 1.19. The average Bonchev–Trinajstić information content (AvgIpc) is 3.01. The first-order valence-electron chi connectivity index (χ1n) is 8.96. The van der Waals surface area contributed by atoms with E-state index in [1.54, 1.807) is 18.4 Å². The van der Waals surface area contributed by atoms with Crippen LogP contribution in [0.3, 0.4) is 0 Å². The van der Waals surface area contributed by atoms with Crippen LogP contribution in [-0.2, 0) is 25.4 Å². The number of aromatic amines is 1. The number of carbonyl (C=O) groups excluding carboxylic acids is 2. The Labute approximate surface area is 167 Å². The number of nitrogens with two attached hydrogens (primary N) is 1. The molecule has 2 aromatic rings. The Bertz CT molecular complexity index is 975. The van der Waals surface area contributed by atoms with Crippen molar-refractivity contribution in [2.75, 3.05) is 18.7 Å². The highest BCUT2D eigenvalue weighted by molar-refractivity contribution is 7.59. The minimum absolute atomic E-state index is 0.0282. The van der Waals surface area contributed by atoms with Gasteiger partial charge in [0.25, 0.3) is 5.56 Å². The number of nitrogens with one attached hydrogen (secondary N) is 3. The number of nitrogens with zero attached hydrogens (tertiary/aromatic N) is 3. The highest BCUT2D eigenvalue weighted by Crippen LogP contribution is 2.37. The van der Waals surface area contributed by atoms with Crippen molar-refractivity contribution in [3.63, 3.8) is 0 Å². The molecular formula is C16H26N7O5P. The monoisotopic (exact) mass is 427 g/mol. The van der Waals surface area contributed by atoms with Crippen molar-refractivity contribution in [3.8, 4) is 0 Å². The maximum absolute atomic E-state index is 13.2. The smallest absolute Gasteiger partial charge is 0.280 e. The molecule has 2 heterocycles. The number of anilines is 1. The fourth-order valence-corrected chi connectivity index (χ4v) is 4.63. The Kier molecular flexibility index (Phi) is 7.42. The van der Waals surface area contributed by atoms with Crippen molar-refractivity contribution < 1.29 is 18.9 Å². The number of Topliss-reactive ketones (excluding diaryl/α,β-unsaturated/α-hetero) is 2. The van der Waals surface area contributed by atoms with E-state index in [0.717, 1.165) is 0 Å². The van der Waals surface area contributed by atoms with Crippen molar-refractivity contribution in [1.29, 1.82) is 0 Å². The third kappa shape index (κ3) is 6.04. The summed E-state index contributed by atoms with van der Waals surface area (Å²) in [5.41, 5.74) is 5.58. The van der Waals surface area contributed by atoms with E-state index in [4.69, 9.17) is 10.5 Å². The van der Waals surface area contributed by atoms with Crippen LogP contribution in [0.15, 0.2) is 11.1 Å². The molecule has 160 valence electrons.